The summed E-state index contributed by atoms with van der Waals surface area (Å²) < 4.78 is 150. The van der Waals surface area contributed by atoms with Crippen LogP contribution in [0.2, 0.25) is 0 Å². The van der Waals surface area contributed by atoms with Gasteiger partial charge in [0.05, 0.1) is 28.0 Å². The smallest absolute Gasteiger partial charge is 0.206 e. The summed E-state index contributed by atoms with van der Waals surface area (Å²) in [6.07, 6.45) is 0. The molecule has 0 atom stereocenters. The van der Waals surface area contributed by atoms with E-state index in [1.807, 2.05) is 0 Å². The molecule has 0 aliphatic heterocycles. The molecule has 204 valence electrons. The summed E-state index contributed by atoms with van der Waals surface area (Å²) in [5, 5.41) is 0. The highest BCUT2D eigenvalue weighted by Crippen LogP contribution is 2.42. The number of hydrogen-bond acceptors (Lipinski definition) is 4. The Hall–Kier alpha value is -4.13. The summed E-state index contributed by atoms with van der Waals surface area (Å²) in [5.41, 5.74) is -3.33. The minimum absolute atomic E-state index is 0.0514. The Morgan fingerprint density at radius 2 is 0.897 bits per heavy atom. The van der Waals surface area contributed by atoms with Gasteiger partial charge in [0.1, 0.15) is 5.75 Å². The molecule has 0 aliphatic rings. The molecule has 0 saturated heterocycles. The molecule has 4 aromatic rings. The molecule has 0 saturated carbocycles. The zero-order valence-electron chi connectivity index (χ0n) is 19.7. The Morgan fingerprint density at radius 1 is 0.538 bits per heavy atom. The minimum Gasteiger partial charge on any atom is -0.491 e. The fourth-order valence-electron chi connectivity index (χ4n) is 3.59. The van der Waals surface area contributed by atoms with Crippen molar-refractivity contribution in [1.29, 1.82) is 0 Å². The van der Waals surface area contributed by atoms with Crippen molar-refractivity contribution >= 4 is 9.84 Å². The fraction of sp³-hybridized carbons (Fsp3) is 0.0769. The van der Waals surface area contributed by atoms with Gasteiger partial charge in [-0.25, -0.2) is 26.0 Å². The highest BCUT2D eigenvalue weighted by molar-refractivity contribution is 7.91. The van der Waals surface area contributed by atoms with Crippen molar-refractivity contribution in [2.75, 3.05) is 7.11 Å². The molecule has 0 amide bonds. The molecule has 0 bridgehead atoms. The van der Waals surface area contributed by atoms with Crippen molar-refractivity contribution in [3.63, 3.8) is 0 Å². The van der Waals surface area contributed by atoms with Gasteiger partial charge < -0.3 is 9.47 Å². The maximum absolute atomic E-state index is 14.8. The topological polar surface area (TPSA) is 52.6 Å². The van der Waals surface area contributed by atoms with Gasteiger partial charge in [-0.05, 0) is 43.3 Å². The van der Waals surface area contributed by atoms with Crippen LogP contribution in [0.5, 0.6) is 17.2 Å². The van der Waals surface area contributed by atoms with E-state index in [2.05, 4.69) is 4.74 Å². The van der Waals surface area contributed by atoms with Crippen molar-refractivity contribution < 1.29 is 53.0 Å². The van der Waals surface area contributed by atoms with Gasteiger partial charge in [0, 0.05) is 0 Å². The first-order valence-corrected chi connectivity index (χ1v) is 12.1. The van der Waals surface area contributed by atoms with Gasteiger partial charge in [0.25, 0.3) is 0 Å². The van der Waals surface area contributed by atoms with E-state index in [1.54, 1.807) is 19.1 Å². The molecule has 0 spiro atoms. The van der Waals surface area contributed by atoms with Crippen LogP contribution >= 0.6 is 0 Å². The number of halogens is 8. The van der Waals surface area contributed by atoms with Gasteiger partial charge in [0.2, 0.25) is 38.9 Å². The lowest BCUT2D eigenvalue weighted by Crippen LogP contribution is -2.09. The SMILES string of the molecule is COc1c(F)c(F)c(-c2c(F)c(F)c(Oc3ccc(S(=O)(=O)c4ccc(C)cc4)cc3)c(F)c2F)c(F)c1F. The van der Waals surface area contributed by atoms with E-state index in [1.165, 1.54) is 12.1 Å². The Bertz CT molecular complexity index is 1650. The standard InChI is InChI=1S/C26H14F8O4S/c1-11-3-7-13(8-4-11)39(35,36)14-9-5-12(6-10-14)38-26-23(33)19(29)16(20(30)24(26)34)15-17(27)21(31)25(37-2)22(32)18(15)28/h3-10H,1-2H3. The van der Waals surface area contributed by atoms with Crippen molar-refractivity contribution in [1.82, 2.24) is 0 Å². The summed E-state index contributed by atoms with van der Waals surface area (Å²) in [4.78, 5) is -0.300. The van der Waals surface area contributed by atoms with Gasteiger partial charge in [-0.15, -0.1) is 0 Å². The van der Waals surface area contributed by atoms with Gasteiger partial charge >= 0.3 is 0 Å². The van der Waals surface area contributed by atoms with Crippen molar-refractivity contribution in [3.05, 3.63) is 101 Å². The molecule has 4 rings (SSSR count). The number of hydrogen-bond donors (Lipinski definition) is 0. The Balaban J connectivity index is 1.75. The molecule has 0 unspecified atom stereocenters. The Labute approximate surface area is 216 Å². The number of benzene rings is 4. The van der Waals surface area contributed by atoms with Gasteiger partial charge in [-0.2, -0.15) is 17.6 Å². The lowest BCUT2D eigenvalue weighted by Gasteiger charge is -2.15. The van der Waals surface area contributed by atoms with Crippen molar-refractivity contribution in [2.45, 2.75) is 16.7 Å². The molecule has 0 aliphatic carbocycles. The fourth-order valence-corrected chi connectivity index (χ4v) is 4.85. The van der Waals surface area contributed by atoms with Crippen molar-refractivity contribution in [3.8, 4) is 28.4 Å². The molecule has 4 nitrogen and oxygen atoms in total. The summed E-state index contributed by atoms with van der Waals surface area (Å²) >= 11 is 0. The normalized spacial score (nSPS) is 11.5. The predicted molar refractivity (Wildman–Crippen MR) is 121 cm³/mol. The van der Waals surface area contributed by atoms with Crippen LogP contribution in [-0.2, 0) is 9.84 Å². The second-order valence-electron chi connectivity index (χ2n) is 8.01. The number of rotatable bonds is 6. The molecule has 0 radical (unpaired) electrons. The van der Waals surface area contributed by atoms with Crippen LogP contribution in [0.4, 0.5) is 35.1 Å². The number of aryl methyl sites for hydroxylation is 1. The number of ether oxygens (including phenoxy) is 2. The molecule has 13 heteroatoms. The maximum Gasteiger partial charge on any atom is 0.206 e. The third kappa shape index (κ3) is 4.67. The molecular weight excluding hydrogens is 560 g/mol. The van der Waals surface area contributed by atoms with E-state index in [0.717, 1.165) is 29.8 Å². The average molecular weight is 574 g/mol. The zero-order chi connectivity index (χ0) is 28.8. The number of methoxy groups -OCH3 is 1. The average Bonchev–Trinajstić information content (AvgIpc) is 2.91. The lowest BCUT2D eigenvalue weighted by atomic mass is 10.0. The summed E-state index contributed by atoms with van der Waals surface area (Å²) in [6.45, 7) is 1.75. The molecule has 0 fully saturated rings. The quantitative estimate of drug-likeness (QED) is 0.178. The summed E-state index contributed by atoms with van der Waals surface area (Å²) in [7, 11) is -3.35. The van der Waals surface area contributed by atoms with E-state index in [-0.39, 0.29) is 9.79 Å². The van der Waals surface area contributed by atoms with Crippen molar-refractivity contribution in [2.24, 2.45) is 0 Å². The number of sulfone groups is 1. The summed E-state index contributed by atoms with van der Waals surface area (Å²) in [5.74, 6) is -22.4. The Kier molecular flexibility index (Phi) is 7.30. The third-order valence-corrected chi connectivity index (χ3v) is 7.37. The minimum atomic E-state index is -4.00. The molecule has 39 heavy (non-hydrogen) atoms. The molecule has 0 N–H and O–H groups in total. The van der Waals surface area contributed by atoms with E-state index in [4.69, 9.17) is 4.74 Å². The van der Waals surface area contributed by atoms with Crippen LogP contribution in [0.15, 0.2) is 58.3 Å². The van der Waals surface area contributed by atoms with Crippen LogP contribution in [0.3, 0.4) is 0 Å². The predicted octanol–water partition coefficient (Wildman–Crippen LogP) is 7.41. The first-order valence-electron chi connectivity index (χ1n) is 10.7. The van der Waals surface area contributed by atoms with Crippen LogP contribution in [0, 0.1) is 53.5 Å². The Morgan fingerprint density at radius 3 is 1.28 bits per heavy atom. The van der Waals surface area contributed by atoms with Crippen LogP contribution in [-0.4, -0.2) is 15.5 Å². The van der Waals surface area contributed by atoms with Gasteiger partial charge in [-0.1, -0.05) is 17.7 Å². The van der Waals surface area contributed by atoms with E-state index in [9.17, 15) is 43.5 Å². The second-order valence-corrected chi connectivity index (χ2v) is 9.96. The molecule has 0 aromatic heterocycles. The van der Waals surface area contributed by atoms with Gasteiger partial charge in [0.15, 0.2) is 29.0 Å². The van der Waals surface area contributed by atoms with E-state index in [0.29, 0.717) is 7.11 Å². The highest BCUT2D eigenvalue weighted by Gasteiger charge is 2.35. The zero-order valence-corrected chi connectivity index (χ0v) is 20.5. The van der Waals surface area contributed by atoms with Crippen LogP contribution < -0.4 is 9.47 Å². The molecular formula is C26H14F8O4S. The van der Waals surface area contributed by atoms with Gasteiger partial charge in [-0.3, -0.25) is 0 Å². The molecule has 0 heterocycles. The summed E-state index contributed by atoms with van der Waals surface area (Å²) in [6, 6.07) is 9.70. The second kappa shape index (κ2) is 10.2. The molecule has 4 aromatic carbocycles. The monoisotopic (exact) mass is 574 g/mol. The van der Waals surface area contributed by atoms with Crippen LogP contribution in [0.1, 0.15) is 5.56 Å². The third-order valence-electron chi connectivity index (χ3n) is 5.59. The lowest BCUT2D eigenvalue weighted by molar-refractivity contribution is 0.332. The van der Waals surface area contributed by atoms with E-state index < -0.39 is 84.8 Å². The maximum atomic E-state index is 14.8. The van der Waals surface area contributed by atoms with Crippen LogP contribution in [0.25, 0.3) is 11.1 Å². The van der Waals surface area contributed by atoms with E-state index >= 15 is 0 Å². The first kappa shape index (κ1) is 27.9. The largest absolute Gasteiger partial charge is 0.491 e. The highest BCUT2D eigenvalue weighted by atomic mass is 32.2. The first-order chi connectivity index (χ1) is 18.3.